The van der Waals surface area contributed by atoms with E-state index in [9.17, 15) is 0 Å². The molecule has 0 aliphatic heterocycles. The summed E-state index contributed by atoms with van der Waals surface area (Å²) >= 11 is 3.47. The molecule has 13 heteroatoms. The summed E-state index contributed by atoms with van der Waals surface area (Å²) in [4.78, 5) is 0. The molecule has 0 saturated heterocycles. The minimum absolute atomic E-state index is 0. The van der Waals surface area contributed by atoms with Gasteiger partial charge in [-0.25, -0.2) is 31.6 Å². The normalized spacial score (nSPS) is 3.68. The Bertz CT molecular complexity index is 267. The van der Waals surface area contributed by atoms with Crippen molar-refractivity contribution >= 4 is 71.6 Å². The number of nitrogens with zero attached hydrogens (tertiary/aromatic N) is 6. The van der Waals surface area contributed by atoms with Gasteiger partial charge < -0.3 is 0 Å². The van der Waals surface area contributed by atoms with E-state index in [0.717, 1.165) is 0 Å². The molecular weight excluding hydrogens is 363 g/mol. The van der Waals surface area contributed by atoms with Crippen LogP contribution in [-0.2, 0) is 37.3 Å². The van der Waals surface area contributed by atoms with Gasteiger partial charge in [0.05, 0.1) is 0 Å². The fourth-order valence-electron chi connectivity index (χ4n) is 0. The molecule has 2 N–H and O–H groups in total. The van der Waals surface area contributed by atoms with Crippen LogP contribution in [0.4, 0.5) is 0 Å². The van der Waals surface area contributed by atoms with Gasteiger partial charge in [0, 0.05) is 67.7 Å². The zero-order valence-electron chi connectivity index (χ0n) is 8.62. The number of rotatable bonds is 0. The first kappa shape index (κ1) is 63.1. The van der Waals surface area contributed by atoms with E-state index in [4.69, 9.17) is 44.9 Å². The molecule has 0 rings (SSSR count). The molecule has 0 spiro atoms. The molecule has 0 aliphatic rings. The van der Waals surface area contributed by atoms with Gasteiger partial charge in [0.15, 0.2) is 0 Å². The molecule has 0 radical (unpaired) electrons. The molecule has 0 atom stereocenters. The molecule has 102 valence electrons. The van der Waals surface area contributed by atoms with Crippen LogP contribution in [0.2, 0.25) is 0 Å². The van der Waals surface area contributed by atoms with E-state index in [1.54, 1.807) is 0 Å². The van der Waals surface area contributed by atoms with Gasteiger partial charge in [-0.15, -0.1) is 0 Å². The van der Waals surface area contributed by atoms with E-state index >= 15 is 0 Å². The molecule has 9 nitrogen and oxygen atoms in total. The zero-order chi connectivity index (χ0) is 16.5. The minimum atomic E-state index is -3.83. The van der Waals surface area contributed by atoms with E-state index in [0.29, 0.717) is 0 Å². The third-order valence-electron chi connectivity index (χ3n) is 0. The van der Waals surface area contributed by atoms with Gasteiger partial charge in [0.25, 0.3) is 9.05 Å². The molecule has 0 unspecified atom stereocenters. The third kappa shape index (κ3) is 10900. The van der Waals surface area contributed by atoms with Crippen LogP contribution >= 0.6 is 0 Å². The molecular formula is C6H9FeKN6O3S2. The van der Waals surface area contributed by atoms with Gasteiger partial charge >= 0.3 is 51.4 Å². The first-order valence-corrected chi connectivity index (χ1v) is 4.64. The van der Waals surface area contributed by atoms with Gasteiger partial charge in [0.2, 0.25) is 0 Å². The average molecular weight is 372 g/mol. The Labute approximate surface area is 170 Å². The molecule has 0 aliphatic carbocycles. The summed E-state index contributed by atoms with van der Waals surface area (Å²) in [7, 11) is -3.83. The van der Waals surface area contributed by atoms with Crippen LogP contribution in [0.15, 0.2) is 0 Å². The topological polar surface area (TPSA) is 200 Å². The zero-order valence-corrected chi connectivity index (χ0v) is 11.4. The summed E-state index contributed by atoms with van der Waals surface area (Å²) in [5.41, 5.74) is 0. The van der Waals surface area contributed by atoms with Crippen molar-refractivity contribution in [1.82, 2.24) is 0 Å². The van der Waals surface area contributed by atoms with Crippen LogP contribution in [0, 0.1) is 71.0 Å². The summed E-state index contributed by atoms with van der Waals surface area (Å²) in [5.74, 6) is 0. The Kier molecular flexibility index (Phi) is 534. The van der Waals surface area contributed by atoms with Crippen molar-refractivity contribution in [3.05, 3.63) is 0 Å². The van der Waals surface area contributed by atoms with Gasteiger partial charge in [-0.05, 0) is 0 Å². The van der Waals surface area contributed by atoms with Crippen LogP contribution in [0.3, 0.4) is 0 Å². The second kappa shape index (κ2) is 161. The second-order valence-corrected chi connectivity index (χ2v) is 2.65. The third-order valence-corrected chi connectivity index (χ3v) is 0. The first-order chi connectivity index (χ1) is 8.00. The molecule has 0 bridgehead atoms. The number of hydrogen-bond acceptors (Lipinski definition) is 8. The van der Waals surface area contributed by atoms with Gasteiger partial charge in [-0.3, -0.25) is 9.11 Å². The molecule has 0 aromatic rings. The van der Waals surface area contributed by atoms with E-state index in [1.807, 2.05) is 0 Å². The summed E-state index contributed by atoms with van der Waals surface area (Å²) in [6, 6.07) is 0. The molecule has 0 heterocycles. The molecule has 0 fully saturated rings. The summed E-state index contributed by atoms with van der Waals surface area (Å²) in [6.07, 6.45) is 0. The summed E-state index contributed by atoms with van der Waals surface area (Å²) < 4.78 is 24.0. The van der Waals surface area contributed by atoms with Crippen molar-refractivity contribution < 1.29 is 30.4 Å². The van der Waals surface area contributed by atoms with Crippen LogP contribution in [-0.4, -0.2) is 64.7 Å². The van der Waals surface area contributed by atoms with E-state index < -0.39 is 9.05 Å². The molecule has 0 amide bonds. The Hall–Kier alpha value is -0.614. The summed E-state index contributed by atoms with van der Waals surface area (Å²) in [6.45, 7) is 21.0. The first-order valence-electron chi connectivity index (χ1n) is 2.25. The van der Waals surface area contributed by atoms with Crippen molar-refractivity contribution in [2.75, 3.05) is 0 Å². The monoisotopic (exact) mass is 372 g/mol. The Balaban J connectivity index is -0.00000000912. The standard InChI is InChI=1S/6CHN.Fe.K.H2O3S2.H/c6*1-2;;;1-5(2,3)4;/h6*1H;;;(H2,1,2,3,4);. The Morgan fingerprint density at radius 1 is 0.684 bits per heavy atom. The molecule has 0 saturated carbocycles. The van der Waals surface area contributed by atoms with Crippen molar-refractivity contribution in [2.45, 2.75) is 0 Å². The van der Waals surface area contributed by atoms with E-state index in [-0.39, 0.29) is 68.5 Å². The average Bonchev–Trinajstić information content (AvgIpc) is 2.41. The molecule has 19 heavy (non-hydrogen) atoms. The Morgan fingerprint density at radius 3 is 0.684 bits per heavy atom. The number of nitriles is 6. The van der Waals surface area contributed by atoms with Crippen molar-refractivity contribution in [1.29, 1.82) is 31.6 Å². The van der Waals surface area contributed by atoms with Gasteiger partial charge in [-0.2, -0.15) is 4.21 Å². The predicted octanol–water partition coefficient (Wildman–Crippen LogP) is -0.134. The van der Waals surface area contributed by atoms with E-state index in [1.165, 1.54) is 0 Å². The molecule has 0 aromatic carbocycles. The second-order valence-electron chi connectivity index (χ2n) is 0.448. The predicted molar refractivity (Wildman–Crippen MR) is 67.9 cm³/mol. The Morgan fingerprint density at radius 2 is 0.684 bits per heavy atom. The maximum absolute atomic E-state index is 9.11. The van der Waals surface area contributed by atoms with Crippen LogP contribution in [0.1, 0.15) is 0 Å². The molecule has 0 aromatic heterocycles. The quantitative estimate of drug-likeness (QED) is 0.539. The van der Waals surface area contributed by atoms with Crippen LogP contribution in [0.5, 0.6) is 0 Å². The van der Waals surface area contributed by atoms with Crippen molar-refractivity contribution in [2.24, 2.45) is 0 Å². The van der Waals surface area contributed by atoms with E-state index in [2.05, 4.69) is 50.6 Å². The fourth-order valence-corrected chi connectivity index (χ4v) is 0. The van der Waals surface area contributed by atoms with Gasteiger partial charge in [-0.1, -0.05) is 0 Å². The van der Waals surface area contributed by atoms with Crippen LogP contribution in [0.25, 0.3) is 0 Å². The van der Waals surface area contributed by atoms with Crippen LogP contribution < -0.4 is 0 Å². The maximum atomic E-state index is 9.11. The van der Waals surface area contributed by atoms with Gasteiger partial charge in [0.1, 0.15) is 0 Å². The van der Waals surface area contributed by atoms with Crippen molar-refractivity contribution in [3.63, 3.8) is 0 Å². The van der Waals surface area contributed by atoms with Crippen molar-refractivity contribution in [3.8, 4) is 39.4 Å². The number of hydrogen-bond donors (Lipinski definition) is 2. The summed E-state index contributed by atoms with van der Waals surface area (Å²) in [5, 5.41) is 39.0. The SMILES string of the molecule is C#N.C#N.C#N.C#N.C#N.C#N.O=S(O)(O)=S.[Fe].[KH]. The fraction of sp³-hybridized carbons (Fsp3) is 0.